The molecule has 1 saturated heterocycles. The molecule has 5 nitrogen and oxygen atoms in total. The lowest BCUT2D eigenvalue weighted by molar-refractivity contribution is -0.136. The van der Waals surface area contributed by atoms with E-state index < -0.39 is 16.0 Å². The second kappa shape index (κ2) is 5.18. The van der Waals surface area contributed by atoms with E-state index in [-0.39, 0.29) is 18.2 Å². The highest BCUT2D eigenvalue weighted by Crippen LogP contribution is 2.19. The van der Waals surface area contributed by atoms with Gasteiger partial charge in [0.15, 0.2) is 0 Å². The van der Waals surface area contributed by atoms with Crippen molar-refractivity contribution in [3.8, 4) is 0 Å². The van der Waals surface area contributed by atoms with Crippen molar-refractivity contribution in [1.82, 2.24) is 4.31 Å². The van der Waals surface area contributed by atoms with Gasteiger partial charge >= 0.3 is 5.97 Å². The predicted molar refractivity (Wildman–Crippen MR) is 59.5 cm³/mol. The van der Waals surface area contributed by atoms with Gasteiger partial charge in [-0.05, 0) is 6.92 Å². The van der Waals surface area contributed by atoms with Gasteiger partial charge < -0.3 is 5.11 Å². The number of rotatable bonds is 4. The van der Waals surface area contributed by atoms with Gasteiger partial charge in [-0.25, -0.2) is 8.42 Å². The Morgan fingerprint density at radius 1 is 1.60 bits per heavy atom. The number of aliphatic carboxylic acids is 1. The molecule has 88 valence electrons. The maximum Gasteiger partial charge on any atom is 0.304 e. The summed E-state index contributed by atoms with van der Waals surface area (Å²) >= 11 is 1.72. The molecule has 1 atom stereocenters. The van der Waals surface area contributed by atoms with Crippen LogP contribution in [0, 0.1) is 0 Å². The Morgan fingerprint density at radius 2 is 2.27 bits per heavy atom. The first kappa shape index (κ1) is 12.8. The van der Waals surface area contributed by atoms with E-state index in [0.29, 0.717) is 6.54 Å². The van der Waals surface area contributed by atoms with E-state index in [1.54, 1.807) is 11.8 Å². The molecule has 0 saturated carbocycles. The van der Waals surface area contributed by atoms with Crippen LogP contribution in [-0.2, 0) is 14.8 Å². The molecule has 7 heteroatoms. The zero-order valence-corrected chi connectivity index (χ0v) is 10.2. The van der Waals surface area contributed by atoms with Gasteiger partial charge in [-0.1, -0.05) is 0 Å². The molecule has 1 aliphatic heterocycles. The zero-order chi connectivity index (χ0) is 11.5. The van der Waals surface area contributed by atoms with Crippen molar-refractivity contribution in [2.45, 2.75) is 19.4 Å². The Morgan fingerprint density at radius 3 is 2.80 bits per heavy atom. The van der Waals surface area contributed by atoms with Crippen LogP contribution in [0.3, 0.4) is 0 Å². The van der Waals surface area contributed by atoms with Crippen LogP contribution in [0.15, 0.2) is 0 Å². The lowest BCUT2D eigenvalue weighted by Crippen LogP contribution is -2.45. The highest BCUT2D eigenvalue weighted by Gasteiger charge is 2.29. The molecule has 1 N–H and O–H groups in total. The number of hydrogen-bond acceptors (Lipinski definition) is 4. The minimum Gasteiger partial charge on any atom is -0.481 e. The van der Waals surface area contributed by atoms with Gasteiger partial charge in [0.05, 0.1) is 12.2 Å². The zero-order valence-electron chi connectivity index (χ0n) is 8.55. The van der Waals surface area contributed by atoms with Crippen LogP contribution < -0.4 is 0 Å². The lowest BCUT2D eigenvalue weighted by Gasteiger charge is -2.31. The molecule has 0 spiro atoms. The third-order valence-corrected chi connectivity index (χ3v) is 5.40. The first-order chi connectivity index (χ1) is 6.93. The third-order valence-electron chi connectivity index (χ3n) is 2.24. The van der Waals surface area contributed by atoms with Gasteiger partial charge in [0, 0.05) is 24.1 Å². The maximum absolute atomic E-state index is 11.8. The summed E-state index contributed by atoms with van der Waals surface area (Å²) in [7, 11) is -3.39. The van der Waals surface area contributed by atoms with E-state index in [9.17, 15) is 13.2 Å². The van der Waals surface area contributed by atoms with Crippen LogP contribution in [0.2, 0.25) is 0 Å². The number of sulfonamides is 1. The number of thioether (sulfide) groups is 1. The fourth-order valence-corrected chi connectivity index (χ4v) is 4.34. The summed E-state index contributed by atoms with van der Waals surface area (Å²) in [6.07, 6.45) is -0.321. The second-order valence-electron chi connectivity index (χ2n) is 3.49. The monoisotopic (exact) mass is 253 g/mol. The molecule has 1 aliphatic rings. The van der Waals surface area contributed by atoms with Crippen molar-refractivity contribution in [1.29, 1.82) is 0 Å². The molecular formula is C8H15NO4S2. The van der Waals surface area contributed by atoms with Crippen LogP contribution in [0.5, 0.6) is 0 Å². The highest BCUT2D eigenvalue weighted by atomic mass is 32.2. The van der Waals surface area contributed by atoms with Crippen LogP contribution in [0.4, 0.5) is 0 Å². The Kier molecular flexibility index (Phi) is 4.42. The number of carbonyl (C=O) groups is 1. The molecule has 0 amide bonds. The van der Waals surface area contributed by atoms with Crippen LogP contribution in [0.25, 0.3) is 0 Å². The Bertz CT molecular complexity index is 328. The van der Waals surface area contributed by atoms with Crippen molar-refractivity contribution < 1.29 is 18.3 Å². The van der Waals surface area contributed by atoms with Crippen molar-refractivity contribution in [3.63, 3.8) is 0 Å². The van der Waals surface area contributed by atoms with E-state index in [4.69, 9.17) is 5.11 Å². The Labute approximate surface area is 93.9 Å². The SMILES string of the molecule is CC1CSCCN1S(=O)(=O)CCC(=O)O. The van der Waals surface area contributed by atoms with E-state index in [1.165, 1.54) is 4.31 Å². The number of nitrogens with zero attached hydrogens (tertiary/aromatic N) is 1. The van der Waals surface area contributed by atoms with Crippen LogP contribution >= 0.6 is 11.8 Å². The molecule has 0 aromatic rings. The Balaban J connectivity index is 2.63. The lowest BCUT2D eigenvalue weighted by atomic mass is 10.4. The fourth-order valence-electron chi connectivity index (χ4n) is 1.46. The molecule has 1 unspecified atom stereocenters. The summed E-state index contributed by atoms with van der Waals surface area (Å²) in [6.45, 7) is 2.35. The van der Waals surface area contributed by atoms with Gasteiger partial charge in [-0.3, -0.25) is 4.79 Å². The minimum atomic E-state index is -3.39. The van der Waals surface area contributed by atoms with Gasteiger partial charge in [0.25, 0.3) is 0 Å². The topological polar surface area (TPSA) is 74.7 Å². The van der Waals surface area contributed by atoms with Gasteiger partial charge in [-0.15, -0.1) is 0 Å². The fraction of sp³-hybridized carbons (Fsp3) is 0.875. The van der Waals surface area contributed by atoms with E-state index in [0.717, 1.165) is 11.5 Å². The van der Waals surface area contributed by atoms with Gasteiger partial charge in [0.2, 0.25) is 10.0 Å². The molecule has 1 fully saturated rings. The summed E-state index contributed by atoms with van der Waals surface area (Å²) in [5, 5.41) is 8.45. The molecule has 0 bridgehead atoms. The van der Waals surface area contributed by atoms with Crippen molar-refractivity contribution in [3.05, 3.63) is 0 Å². The molecule has 0 aromatic carbocycles. The molecule has 1 rings (SSSR count). The Hall–Kier alpha value is -0.270. The summed E-state index contributed by atoms with van der Waals surface area (Å²) in [5.41, 5.74) is 0. The molecule has 15 heavy (non-hydrogen) atoms. The van der Waals surface area contributed by atoms with Gasteiger partial charge in [0.1, 0.15) is 0 Å². The standard InChI is InChI=1S/C8H15NO4S2/c1-7-6-14-4-3-9(7)15(12,13)5-2-8(10)11/h7H,2-6H2,1H3,(H,10,11). The minimum absolute atomic E-state index is 0.0254. The smallest absolute Gasteiger partial charge is 0.304 e. The average molecular weight is 253 g/mol. The van der Waals surface area contributed by atoms with Crippen molar-refractivity contribution in [2.75, 3.05) is 23.8 Å². The van der Waals surface area contributed by atoms with Crippen LogP contribution in [-0.4, -0.2) is 53.6 Å². The van der Waals surface area contributed by atoms with Crippen LogP contribution in [0.1, 0.15) is 13.3 Å². The number of hydrogen-bond donors (Lipinski definition) is 1. The van der Waals surface area contributed by atoms with Crippen molar-refractivity contribution in [2.24, 2.45) is 0 Å². The molecule has 0 radical (unpaired) electrons. The first-order valence-corrected chi connectivity index (χ1v) is 7.49. The number of carboxylic acids is 1. The maximum atomic E-state index is 11.8. The molecule has 1 heterocycles. The van der Waals surface area contributed by atoms with E-state index >= 15 is 0 Å². The largest absolute Gasteiger partial charge is 0.481 e. The molecular weight excluding hydrogens is 238 g/mol. The molecule has 0 aliphatic carbocycles. The summed E-state index contributed by atoms with van der Waals surface area (Å²) < 4.78 is 24.9. The van der Waals surface area contributed by atoms with E-state index in [2.05, 4.69) is 0 Å². The first-order valence-electron chi connectivity index (χ1n) is 4.72. The quantitative estimate of drug-likeness (QED) is 0.776. The summed E-state index contributed by atoms with van der Waals surface area (Å²) in [4.78, 5) is 10.3. The summed E-state index contributed by atoms with van der Waals surface area (Å²) in [6, 6.07) is -0.0254. The highest BCUT2D eigenvalue weighted by molar-refractivity contribution is 7.99. The number of carboxylic acid groups (broad SMARTS) is 1. The van der Waals surface area contributed by atoms with Gasteiger partial charge in [-0.2, -0.15) is 16.1 Å². The van der Waals surface area contributed by atoms with Crippen molar-refractivity contribution >= 4 is 27.8 Å². The third kappa shape index (κ3) is 3.66. The predicted octanol–water partition coefficient (Wildman–Crippen LogP) is 0.228. The summed E-state index contributed by atoms with van der Waals surface area (Å²) in [5.74, 6) is 0.206. The second-order valence-corrected chi connectivity index (χ2v) is 6.69. The normalized spacial score (nSPS) is 23.9. The van der Waals surface area contributed by atoms with E-state index in [1.807, 2.05) is 6.92 Å². The average Bonchev–Trinajstić information content (AvgIpc) is 2.15. The molecule has 0 aromatic heterocycles.